The Morgan fingerprint density at radius 2 is 1.00 bits per heavy atom. The Hall–Kier alpha value is 0.137. The Morgan fingerprint density at radius 1 is 0.633 bits per heavy atom. The Morgan fingerprint density at radius 3 is 1.30 bits per heavy atom. The molecule has 0 fully saturated rings. The standard InChI is InChI=1S/C27H58O2Si/c1-9-11-12-13-14-15-16-17-18-19-20-21-22-23-24-30(28-7,29-8)27(5,6)26(10-2)25(3)4/h25-26H,9-24H2,1-8H3. The first kappa shape index (κ1) is 30.1. The summed E-state index contributed by atoms with van der Waals surface area (Å²) in [5.74, 6) is 1.31. The lowest BCUT2D eigenvalue weighted by Gasteiger charge is -2.47. The van der Waals surface area contributed by atoms with Crippen LogP contribution in [0.4, 0.5) is 0 Å². The van der Waals surface area contributed by atoms with Crippen LogP contribution in [0.25, 0.3) is 0 Å². The van der Waals surface area contributed by atoms with Gasteiger partial charge in [0.05, 0.1) is 0 Å². The van der Waals surface area contributed by atoms with E-state index >= 15 is 0 Å². The number of unbranched alkanes of at least 4 members (excludes halogenated alkanes) is 13. The van der Waals surface area contributed by atoms with Gasteiger partial charge in [-0.3, -0.25) is 0 Å². The van der Waals surface area contributed by atoms with E-state index in [9.17, 15) is 0 Å². The SMILES string of the molecule is CCCCCCCCCCCCCCCC[Si](OC)(OC)C(C)(C)C(CC)C(C)C. The van der Waals surface area contributed by atoms with Crippen molar-refractivity contribution in [2.75, 3.05) is 14.2 Å². The summed E-state index contributed by atoms with van der Waals surface area (Å²) in [6.45, 7) is 14.1. The average molecular weight is 443 g/mol. The van der Waals surface area contributed by atoms with Crippen molar-refractivity contribution < 1.29 is 8.85 Å². The van der Waals surface area contributed by atoms with Crippen molar-refractivity contribution in [1.29, 1.82) is 0 Å². The van der Waals surface area contributed by atoms with Crippen molar-refractivity contribution in [3.05, 3.63) is 0 Å². The van der Waals surface area contributed by atoms with Crippen molar-refractivity contribution in [3.63, 3.8) is 0 Å². The molecule has 1 atom stereocenters. The second-order valence-corrected chi connectivity index (χ2v) is 14.6. The molecule has 2 nitrogen and oxygen atoms in total. The first-order valence-corrected chi connectivity index (χ1v) is 15.5. The van der Waals surface area contributed by atoms with Crippen LogP contribution in [0, 0.1) is 11.8 Å². The lowest BCUT2D eigenvalue weighted by molar-refractivity contribution is 0.161. The van der Waals surface area contributed by atoms with E-state index in [1.807, 2.05) is 14.2 Å². The summed E-state index contributed by atoms with van der Waals surface area (Å²) < 4.78 is 12.4. The number of hydrogen-bond acceptors (Lipinski definition) is 2. The van der Waals surface area contributed by atoms with Crippen molar-refractivity contribution >= 4 is 8.56 Å². The van der Waals surface area contributed by atoms with Crippen LogP contribution in [0.3, 0.4) is 0 Å². The van der Waals surface area contributed by atoms with Crippen LogP contribution in [-0.2, 0) is 8.85 Å². The van der Waals surface area contributed by atoms with Gasteiger partial charge in [-0.05, 0) is 17.9 Å². The van der Waals surface area contributed by atoms with Gasteiger partial charge in [-0.25, -0.2) is 0 Å². The van der Waals surface area contributed by atoms with Gasteiger partial charge < -0.3 is 8.85 Å². The zero-order valence-electron chi connectivity index (χ0n) is 22.3. The summed E-state index contributed by atoms with van der Waals surface area (Å²) in [4.78, 5) is 0. The van der Waals surface area contributed by atoms with Crippen LogP contribution in [-0.4, -0.2) is 22.8 Å². The maximum absolute atomic E-state index is 6.21. The van der Waals surface area contributed by atoms with Gasteiger partial charge >= 0.3 is 8.56 Å². The molecule has 0 aliphatic heterocycles. The number of hydrogen-bond donors (Lipinski definition) is 0. The molecule has 0 radical (unpaired) electrons. The largest absolute Gasteiger partial charge is 0.397 e. The third-order valence-corrected chi connectivity index (χ3v) is 12.3. The van der Waals surface area contributed by atoms with Gasteiger partial charge in [-0.15, -0.1) is 0 Å². The topological polar surface area (TPSA) is 18.5 Å². The Balaban J connectivity index is 4.05. The molecule has 0 heterocycles. The maximum Gasteiger partial charge on any atom is 0.343 e. The predicted octanol–water partition coefficient (Wildman–Crippen LogP) is 9.67. The number of rotatable bonds is 21. The Kier molecular flexibility index (Phi) is 17.7. The summed E-state index contributed by atoms with van der Waals surface area (Å²) in [6, 6.07) is 1.13. The molecule has 30 heavy (non-hydrogen) atoms. The van der Waals surface area contributed by atoms with Gasteiger partial charge in [-0.1, -0.05) is 138 Å². The summed E-state index contributed by atoms with van der Waals surface area (Å²) in [5.41, 5.74) is 0. The summed E-state index contributed by atoms with van der Waals surface area (Å²) in [7, 11) is 1.57. The first-order valence-electron chi connectivity index (χ1n) is 13.4. The van der Waals surface area contributed by atoms with Gasteiger partial charge in [0, 0.05) is 19.3 Å². The van der Waals surface area contributed by atoms with E-state index < -0.39 is 8.56 Å². The van der Waals surface area contributed by atoms with E-state index in [0.717, 1.165) is 6.04 Å². The zero-order chi connectivity index (χ0) is 22.9. The molecule has 0 amide bonds. The second kappa shape index (κ2) is 17.7. The van der Waals surface area contributed by atoms with Gasteiger partial charge in [0.1, 0.15) is 0 Å². The second-order valence-electron chi connectivity index (χ2n) is 10.5. The molecule has 0 aromatic heterocycles. The van der Waals surface area contributed by atoms with E-state index in [1.165, 1.54) is 96.3 Å². The summed E-state index contributed by atoms with van der Waals surface area (Å²) in [6.07, 6.45) is 20.9. The monoisotopic (exact) mass is 442 g/mol. The van der Waals surface area contributed by atoms with Crippen LogP contribution in [0.5, 0.6) is 0 Å². The molecule has 0 bridgehead atoms. The normalized spacial score (nSPS) is 13.9. The smallest absolute Gasteiger partial charge is 0.343 e. The van der Waals surface area contributed by atoms with E-state index in [1.54, 1.807) is 0 Å². The molecule has 1 unspecified atom stereocenters. The average Bonchev–Trinajstić information content (AvgIpc) is 2.71. The third kappa shape index (κ3) is 10.6. The third-order valence-electron chi connectivity index (χ3n) is 7.67. The molecule has 3 heteroatoms. The highest BCUT2D eigenvalue weighted by Crippen LogP contribution is 2.51. The Labute approximate surface area is 192 Å². The molecular weight excluding hydrogens is 384 g/mol. The van der Waals surface area contributed by atoms with Crippen molar-refractivity contribution in [2.45, 2.75) is 149 Å². The minimum Gasteiger partial charge on any atom is -0.397 e. The molecule has 0 aromatic rings. The van der Waals surface area contributed by atoms with Gasteiger partial charge in [0.25, 0.3) is 0 Å². The van der Waals surface area contributed by atoms with Gasteiger partial charge in [0.15, 0.2) is 0 Å². The van der Waals surface area contributed by atoms with E-state index in [-0.39, 0.29) is 5.04 Å². The fourth-order valence-corrected chi connectivity index (χ4v) is 9.87. The fraction of sp³-hybridized carbons (Fsp3) is 1.00. The van der Waals surface area contributed by atoms with Gasteiger partial charge in [0.2, 0.25) is 0 Å². The van der Waals surface area contributed by atoms with Crippen LogP contribution < -0.4 is 0 Å². The fourth-order valence-electron chi connectivity index (χ4n) is 5.79. The Bertz CT molecular complexity index is 377. The first-order chi connectivity index (χ1) is 14.3. The zero-order valence-corrected chi connectivity index (χ0v) is 23.3. The van der Waals surface area contributed by atoms with E-state index in [0.29, 0.717) is 11.8 Å². The molecule has 0 aliphatic carbocycles. The molecule has 0 N–H and O–H groups in total. The molecule has 0 spiro atoms. The highest BCUT2D eigenvalue weighted by atomic mass is 28.4. The van der Waals surface area contributed by atoms with Crippen LogP contribution in [0.15, 0.2) is 0 Å². The highest BCUT2D eigenvalue weighted by Gasteiger charge is 2.54. The molecule has 0 aliphatic rings. The molecule has 0 saturated heterocycles. The van der Waals surface area contributed by atoms with Crippen LogP contribution >= 0.6 is 0 Å². The highest BCUT2D eigenvalue weighted by molar-refractivity contribution is 6.70. The van der Waals surface area contributed by atoms with Crippen molar-refractivity contribution in [2.24, 2.45) is 11.8 Å². The lowest BCUT2D eigenvalue weighted by atomic mass is 9.83. The molecular formula is C27H58O2Si. The van der Waals surface area contributed by atoms with Gasteiger partial charge in [-0.2, -0.15) is 0 Å². The molecule has 0 saturated carbocycles. The quantitative estimate of drug-likeness (QED) is 0.130. The van der Waals surface area contributed by atoms with Crippen molar-refractivity contribution in [3.8, 4) is 0 Å². The summed E-state index contributed by atoms with van der Waals surface area (Å²) >= 11 is 0. The minimum absolute atomic E-state index is 0.135. The molecule has 0 rings (SSSR count). The van der Waals surface area contributed by atoms with E-state index in [2.05, 4.69) is 41.5 Å². The lowest BCUT2D eigenvalue weighted by Crippen LogP contribution is -2.53. The van der Waals surface area contributed by atoms with Crippen LogP contribution in [0.2, 0.25) is 11.1 Å². The minimum atomic E-state index is -2.22. The molecule has 0 aromatic carbocycles. The summed E-state index contributed by atoms with van der Waals surface area (Å²) in [5, 5.41) is 0.135. The predicted molar refractivity (Wildman–Crippen MR) is 138 cm³/mol. The molecule has 182 valence electrons. The van der Waals surface area contributed by atoms with Crippen LogP contribution in [0.1, 0.15) is 138 Å². The van der Waals surface area contributed by atoms with E-state index in [4.69, 9.17) is 8.85 Å². The van der Waals surface area contributed by atoms with Crippen molar-refractivity contribution in [1.82, 2.24) is 0 Å². The maximum atomic E-state index is 6.21.